The van der Waals surface area contributed by atoms with Crippen LogP contribution in [0.4, 0.5) is 10.5 Å². The van der Waals surface area contributed by atoms with E-state index in [1.807, 2.05) is 6.07 Å². The number of para-hydroxylation sites is 1. The fourth-order valence-corrected chi connectivity index (χ4v) is 2.29. The zero-order valence-corrected chi connectivity index (χ0v) is 11.3. The Balaban J connectivity index is 2.03. The maximum absolute atomic E-state index is 12.1. The van der Waals surface area contributed by atoms with Crippen LogP contribution in [0.5, 0.6) is 0 Å². The number of carboxylic acid groups (broad SMARTS) is 1. The summed E-state index contributed by atoms with van der Waals surface area (Å²) >= 11 is 0. The summed E-state index contributed by atoms with van der Waals surface area (Å²) in [7, 11) is 1.74. The molecule has 1 aliphatic heterocycles. The summed E-state index contributed by atoms with van der Waals surface area (Å²) < 4.78 is 5.09. The van der Waals surface area contributed by atoms with Gasteiger partial charge in [0.05, 0.1) is 5.69 Å². The number of urea groups is 1. The first-order valence-electron chi connectivity index (χ1n) is 6.40. The Morgan fingerprint density at radius 1 is 1.33 bits per heavy atom. The number of carbonyl (C=O) groups excluding carboxylic acids is 1. The molecule has 21 heavy (non-hydrogen) atoms. The molecule has 1 saturated heterocycles. The second-order valence-electron chi connectivity index (χ2n) is 4.75. The molecule has 2 heterocycles. The molecular weight excluding hydrogens is 274 g/mol. The maximum atomic E-state index is 12.1. The first-order valence-corrected chi connectivity index (χ1v) is 6.40. The van der Waals surface area contributed by atoms with Gasteiger partial charge in [0.15, 0.2) is 11.5 Å². The molecule has 0 spiro atoms. The van der Waals surface area contributed by atoms with Crippen molar-refractivity contribution in [3.05, 3.63) is 36.0 Å². The highest BCUT2D eigenvalue weighted by Crippen LogP contribution is 2.32. The van der Waals surface area contributed by atoms with E-state index in [0.717, 1.165) is 0 Å². The number of benzene rings is 1. The summed E-state index contributed by atoms with van der Waals surface area (Å²) in [5.74, 6) is -0.829. The number of carbonyl (C=O) groups is 2. The van der Waals surface area contributed by atoms with Crippen LogP contribution in [-0.4, -0.2) is 47.3 Å². The average Bonchev–Trinajstić information content (AvgIpc) is 3.08. The molecule has 2 aromatic rings. The van der Waals surface area contributed by atoms with Crippen LogP contribution in [0.15, 0.2) is 34.9 Å². The number of anilines is 1. The van der Waals surface area contributed by atoms with Gasteiger partial charge in [0.1, 0.15) is 0 Å². The van der Waals surface area contributed by atoms with Crippen LogP contribution in [0.25, 0.3) is 11.3 Å². The summed E-state index contributed by atoms with van der Waals surface area (Å²) in [6, 6.07) is 8.44. The van der Waals surface area contributed by atoms with Crippen molar-refractivity contribution in [3.63, 3.8) is 0 Å². The first-order chi connectivity index (χ1) is 10.1. The minimum atomic E-state index is -1.15. The summed E-state index contributed by atoms with van der Waals surface area (Å²) in [5, 5.41) is 12.4. The lowest BCUT2D eigenvalue weighted by Crippen LogP contribution is -2.29. The van der Waals surface area contributed by atoms with Gasteiger partial charge in [-0.1, -0.05) is 17.3 Å². The number of amides is 2. The summed E-state index contributed by atoms with van der Waals surface area (Å²) in [6.45, 7) is 1.22. The number of hydrogen-bond acceptors (Lipinski definition) is 4. The molecule has 1 N–H and O–H groups in total. The van der Waals surface area contributed by atoms with Gasteiger partial charge < -0.3 is 14.5 Å². The summed E-state index contributed by atoms with van der Waals surface area (Å²) in [4.78, 5) is 26.3. The van der Waals surface area contributed by atoms with Gasteiger partial charge in [0, 0.05) is 31.8 Å². The molecule has 0 aliphatic carbocycles. The van der Waals surface area contributed by atoms with Gasteiger partial charge in [-0.2, -0.15) is 0 Å². The minimum Gasteiger partial charge on any atom is -0.476 e. The quantitative estimate of drug-likeness (QED) is 0.931. The minimum absolute atomic E-state index is 0.0968. The number of nitrogens with zero attached hydrogens (tertiary/aromatic N) is 3. The van der Waals surface area contributed by atoms with Crippen molar-refractivity contribution in [2.45, 2.75) is 0 Å². The molecule has 1 aromatic carbocycles. The van der Waals surface area contributed by atoms with E-state index >= 15 is 0 Å². The van der Waals surface area contributed by atoms with Crippen LogP contribution >= 0.6 is 0 Å². The van der Waals surface area contributed by atoms with Gasteiger partial charge in [0.2, 0.25) is 0 Å². The van der Waals surface area contributed by atoms with Crippen molar-refractivity contribution in [3.8, 4) is 11.3 Å². The molecule has 7 heteroatoms. The van der Waals surface area contributed by atoms with E-state index in [1.165, 1.54) is 6.07 Å². The van der Waals surface area contributed by atoms with Gasteiger partial charge in [-0.25, -0.2) is 9.59 Å². The second kappa shape index (κ2) is 4.93. The van der Waals surface area contributed by atoms with Crippen molar-refractivity contribution in [2.24, 2.45) is 0 Å². The zero-order chi connectivity index (χ0) is 15.0. The van der Waals surface area contributed by atoms with Crippen LogP contribution in [0.2, 0.25) is 0 Å². The third-order valence-electron chi connectivity index (χ3n) is 3.41. The van der Waals surface area contributed by atoms with Crippen molar-refractivity contribution < 1.29 is 19.2 Å². The fourth-order valence-electron chi connectivity index (χ4n) is 2.29. The van der Waals surface area contributed by atoms with Crippen LogP contribution in [-0.2, 0) is 0 Å². The third-order valence-corrected chi connectivity index (χ3v) is 3.41. The van der Waals surface area contributed by atoms with E-state index in [1.54, 1.807) is 35.0 Å². The molecule has 7 nitrogen and oxygen atoms in total. The monoisotopic (exact) mass is 287 g/mol. The molecule has 108 valence electrons. The highest BCUT2D eigenvalue weighted by molar-refractivity contribution is 5.98. The van der Waals surface area contributed by atoms with Crippen LogP contribution in [0, 0.1) is 0 Å². The zero-order valence-electron chi connectivity index (χ0n) is 11.3. The molecule has 0 atom stereocenters. The molecule has 0 radical (unpaired) electrons. The SMILES string of the molecule is CN1CCN(c2ccccc2-c2cc(C(=O)O)no2)C1=O. The Hall–Kier alpha value is -2.83. The van der Waals surface area contributed by atoms with E-state index < -0.39 is 5.97 Å². The molecule has 1 fully saturated rings. The van der Waals surface area contributed by atoms with Crippen molar-refractivity contribution in [2.75, 3.05) is 25.0 Å². The highest BCUT2D eigenvalue weighted by atomic mass is 16.5. The van der Waals surface area contributed by atoms with Crippen LogP contribution in [0.3, 0.4) is 0 Å². The van der Waals surface area contributed by atoms with Crippen molar-refractivity contribution >= 4 is 17.7 Å². The molecule has 1 aliphatic rings. The second-order valence-corrected chi connectivity index (χ2v) is 4.75. The Labute approximate surface area is 120 Å². The summed E-state index contributed by atoms with van der Waals surface area (Å²) in [6.07, 6.45) is 0. The van der Waals surface area contributed by atoms with Gasteiger partial charge in [0.25, 0.3) is 0 Å². The van der Waals surface area contributed by atoms with Gasteiger partial charge >= 0.3 is 12.0 Å². The van der Waals surface area contributed by atoms with Crippen molar-refractivity contribution in [1.82, 2.24) is 10.1 Å². The smallest absolute Gasteiger partial charge is 0.358 e. The number of aromatic carboxylic acids is 1. The van der Waals surface area contributed by atoms with E-state index in [9.17, 15) is 9.59 Å². The number of aromatic nitrogens is 1. The molecule has 0 unspecified atom stereocenters. The maximum Gasteiger partial charge on any atom is 0.358 e. The van der Waals surface area contributed by atoms with E-state index in [4.69, 9.17) is 9.63 Å². The fraction of sp³-hybridized carbons (Fsp3) is 0.214. The van der Waals surface area contributed by atoms with E-state index in [2.05, 4.69) is 5.16 Å². The number of rotatable bonds is 3. The highest BCUT2D eigenvalue weighted by Gasteiger charge is 2.29. The lowest BCUT2D eigenvalue weighted by atomic mass is 10.1. The molecular formula is C14H13N3O4. The lowest BCUT2D eigenvalue weighted by Gasteiger charge is -2.18. The molecule has 1 aromatic heterocycles. The topological polar surface area (TPSA) is 86.9 Å². The van der Waals surface area contributed by atoms with Crippen LogP contribution < -0.4 is 4.90 Å². The Morgan fingerprint density at radius 3 is 2.71 bits per heavy atom. The van der Waals surface area contributed by atoms with Gasteiger partial charge in [-0.3, -0.25) is 4.90 Å². The Bertz CT molecular complexity index is 710. The number of likely N-dealkylation sites (N-methyl/N-ethyl adjacent to an activating group) is 1. The van der Waals surface area contributed by atoms with Gasteiger partial charge in [-0.15, -0.1) is 0 Å². The Morgan fingerprint density at radius 2 is 2.10 bits per heavy atom. The van der Waals surface area contributed by atoms with Crippen LogP contribution in [0.1, 0.15) is 10.5 Å². The number of carboxylic acids is 1. The van der Waals surface area contributed by atoms with E-state index in [-0.39, 0.29) is 11.7 Å². The van der Waals surface area contributed by atoms with Gasteiger partial charge in [-0.05, 0) is 12.1 Å². The average molecular weight is 287 g/mol. The largest absolute Gasteiger partial charge is 0.476 e. The van der Waals surface area contributed by atoms with Crippen molar-refractivity contribution in [1.29, 1.82) is 0 Å². The predicted octanol–water partition coefficient (Wildman–Crippen LogP) is 1.91. The lowest BCUT2D eigenvalue weighted by molar-refractivity contribution is 0.0686. The predicted molar refractivity (Wildman–Crippen MR) is 74.3 cm³/mol. The third kappa shape index (κ3) is 2.22. The molecule has 0 saturated carbocycles. The molecule has 3 rings (SSSR count). The first kappa shape index (κ1) is 13.2. The normalized spacial score (nSPS) is 14.8. The molecule has 2 amide bonds. The summed E-state index contributed by atoms with van der Waals surface area (Å²) in [5.41, 5.74) is 1.16. The number of hydrogen-bond donors (Lipinski definition) is 1. The standard InChI is InChI=1S/C14H13N3O4/c1-16-6-7-17(14(16)20)11-5-3-2-4-9(11)12-8-10(13(18)19)15-21-12/h2-5,8H,6-7H2,1H3,(H,18,19). The molecule has 0 bridgehead atoms. The Kier molecular flexibility index (Phi) is 3.09. The van der Waals surface area contributed by atoms with E-state index in [0.29, 0.717) is 30.1 Å².